The molecule has 7 heteroatoms. The van der Waals surface area contributed by atoms with E-state index in [2.05, 4.69) is 15.2 Å². The van der Waals surface area contributed by atoms with Gasteiger partial charge in [-0.05, 0) is 43.9 Å². The molecule has 1 atom stereocenters. The number of amides is 3. The fraction of sp³-hybridized carbons (Fsp3) is 0.650. The maximum absolute atomic E-state index is 12.6. The van der Waals surface area contributed by atoms with Gasteiger partial charge in [-0.1, -0.05) is 6.07 Å². The average molecular weight is 374 g/mol. The maximum Gasteiger partial charge on any atom is 0.319 e. The zero-order valence-corrected chi connectivity index (χ0v) is 16.4. The fourth-order valence-electron chi connectivity index (χ4n) is 4.09. The monoisotopic (exact) mass is 373 g/mol. The molecule has 3 amide bonds. The number of piperidine rings is 2. The van der Waals surface area contributed by atoms with Crippen molar-refractivity contribution < 1.29 is 9.59 Å². The number of carbonyl (C=O) groups excluding carboxylic acids is 2. The number of aromatic nitrogens is 1. The Balaban J connectivity index is 1.46. The molecular formula is C20H31N5O2. The van der Waals surface area contributed by atoms with Gasteiger partial charge >= 0.3 is 6.03 Å². The zero-order valence-electron chi connectivity index (χ0n) is 16.4. The van der Waals surface area contributed by atoms with Crippen LogP contribution in [0.4, 0.5) is 4.79 Å². The molecule has 0 saturated carbocycles. The molecule has 1 unspecified atom stereocenters. The standard InChI is InChI=1S/C20H31N5O2/c1-23(2)20(27)24-11-7-18(8-12-24)25-10-4-6-17(15-25)19(26)22-14-16-5-3-9-21-13-16/h3,5,9,13,17-18H,4,6-8,10-12,14-15H2,1-2H3,(H,22,26). The number of likely N-dealkylation sites (tertiary alicyclic amines) is 2. The van der Waals surface area contributed by atoms with Crippen molar-refractivity contribution >= 4 is 11.9 Å². The lowest BCUT2D eigenvalue weighted by atomic mass is 9.93. The van der Waals surface area contributed by atoms with Gasteiger partial charge < -0.3 is 15.1 Å². The summed E-state index contributed by atoms with van der Waals surface area (Å²) >= 11 is 0. The fourth-order valence-corrected chi connectivity index (χ4v) is 4.09. The van der Waals surface area contributed by atoms with E-state index in [0.717, 1.165) is 57.4 Å². The Hall–Kier alpha value is -2.15. The van der Waals surface area contributed by atoms with Crippen LogP contribution in [0.5, 0.6) is 0 Å². The van der Waals surface area contributed by atoms with Crippen molar-refractivity contribution in [2.24, 2.45) is 5.92 Å². The largest absolute Gasteiger partial charge is 0.352 e. The van der Waals surface area contributed by atoms with Crippen LogP contribution in [0.2, 0.25) is 0 Å². The molecule has 27 heavy (non-hydrogen) atoms. The summed E-state index contributed by atoms with van der Waals surface area (Å²) in [5.74, 6) is 0.195. The first-order valence-corrected chi connectivity index (χ1v) is 9.91. The van der Waals surface area contributed by atoms with Gasteiger partial charge in [0, 0.05) is 58.7 Å². The van der Waals surface area contributed by atoms with Gasteiger partial charge in [-0.3, -0.25) is 14.7 Å². The molecule has 7 nitrogen and oxygen atoms in total. The first-order chi connectivity index (χ1) is 13.0. The average Bonchev–Trinajstić information content (AvgIpc) is 2.72. The highest BCUT2D eigenvalue weighted by atomic mass is 16.2. The molecule has 3 rings (SSSR count). The molecule has 1 aromatic rings. The lowest BCUT2D eigenvalue weighted by molar-refractivity contribution is -0.127. The number of nitrogens with one attached hydrogen (secondary N) is 1. The van der Waals surface area contributed by atoms with Gasteiger partial charge in [0.2, 0.25) is 5.91 Å². The molecular weight excluding hydrogens is 342 g/mol. The zero-order chi connectivity index (χ0) is 19.2. The molecule has 0 spiro atoms. The van der Waals surface area contributed by atoms with E-state index in [1.54, 1.807) is 31.4 Å². The van der Waals surface area contributed by atoms with Crippen molar-refractivity contribution in [2.75, 3.05) is 40.3 Å². The molecule has 2 saturated heterocycles. The summed E-state index contributed by atoms with van der Waals surface area (Å²) in [5, 5.41) is 3.06. The predicted octanol–water partition coefficient (Wildman–Crippen LogP) is 1.56. The van der Waals surface area contributed by atoms with Crippen LogP contribution in [-0.2, 0) is 11.3 Å². The number of urea groups is 1. The second kappa shape index (κ2) is 9.17. The van der Waals surface area contributed by atoms with E-state index in [4.69, 9.17) is 0 Å². The molecule has 0 bridgehead atoms. The highest BCUT2D eigenvalue weighted by molar-refractivity contribution is 5.79. The van der Waals surface area contributed by atoms with Crippen LogP contribution in [0.15, 0.2) is 24.5 Å². The summed E-state index contributed by atoms with van der Waals surface area (Å²) in [6, 6.07) is 4.44. The van der Waals surface area contributed by atoms with Crippen molar-refractivity contribution in [3.8, 4) is 0 Å². The van der Waals surface area contributed by atoms with E-state index in [1.807, 2.05) is 17.0 Å². The number of carbonyl (C=O) groups is 2. The highest BCUT2D eigenvalue weighted by Crippen LogP contribution is 2.24. The predicted molar refractivity (Wildman–Crippen MR) is 104 cm³/mol. The Labute approximate surface area is 161 Å². The Morgan fingerprint density at radius 3 is 2.67 bits per heavy atom. The number of hydrogen-bond donors (Lipinski definition) is 1. The minimum absolute atomic E-state index is 0.0526. The minimum atomic E-state index is 0.0526. The molecule has 0 radical (unpaired) electrons. The van der Waals surface area contributed by atoms with Crippen molar-refractivity contribution in [1.29, 1.82) is 0 Å². The highest BCUT2D eigenvalue weighted by Gasteiger charge is 2.32. The Morgan fingerprint density at radius 2 is 2.00 bits per heavy atom. The van der Waals surface area contributed by atoms with Gasteiger partial charge in [-0.15, -0.1) is 0 Å². The van der Waals surface area contributed by atoms with Crippen LogP contribution in [0, 0.1) is 5.92 Å². The Morgan fingerprint density at radius 1 is 1.22 bits per heavy atom. The number of rotatable bonds is 4. The van der Waals surface area contributed by atoms with Crippen LogP contribution >= 0.6 is 0 Å². The quantitative estimate of drug-likeness (QED) is 0.870. The second-order valence-corrected chi connectivity index (χ2v) is 7.81. The molecule has 2 fully saturated rings. The van der Waals surface area contributed by atoms with E-state index in [-0.39, 0.29) is 17.9 Å². The van der Waals surface area contributed by atoms with Crippen LogP contribution in [0.3, 0.4) is 0 Å². The van der Waals surface area contributed by atoms with Gasteiger partial charge in [0.1, 0.15) is 0 Å². The summed E-state index contributed by atoms with van der Waals surface area (Å²) in [6.07, 6.45) is 7.51. The molecule has 1 aromatic heterocycles. The van der Waals surface area contributed by atoms with Gasteiger partial charge in [0.25, 0.3) is 0 Å². The van der Waals surface area contributed by atoms with E-state index < -0.39 is 0 Å². The Kier molecular flexibility index (Phi) is 6.66. The molecule has 0 aromatic carbocycles. The number of nitrogens with zero attached hydrogens (tertiary/aromatic N) is 4. The molecule has 0 aliphatic carbocycles. The third-order valence-corrected chi connectivity index (χ3v) is 5.65. The van der Waals surface area contributed by atoms with Gasteiger partial charge in [0.05, 0.1) is 5.92 Å². The SMILES string of the molecule is CN(C)C(=O)N1CCC(N2CCCC(C(=O)NCc3cccnc3)C2)CC1. The van der Waals surface area contributed by atoms with Gasteiger partial charge in [-0.25, -0.2) is 4.79 Å². The smallest absolute Gasteiger partial charge is 0.319 e. The first kappa shape index (κ1) is 19.6. The summed E-state index contributed by atoms with van der Waals surface area (Å²) in [7, 11) is 3.60. The molecule has 2 aliphatic heterocycles. The van der Waals surface area contributed by atoms with E-state index in [9.17, 15) is 9.59 Å². The second-order valence-electron chi connectivity index (χ2n) is 7.81. The van der Waals surface area contributed by atoms with E-state index >= 15 is 0 Å². The van der Waals surface area contributed by atoms with Crippen LogP contribution in [-0.4, -0.2) is 77.9 Å². The third-order valence-electron chi connectivity index (χ3n) is 5.65. The molecule has 3 heterocycles. The molecule has 2 aliphatic rings. The van der Waals surface area contributed by atoms with Crippen molar-refractivity contribution in [2.45, 2.75) is 38.3 Å². The lowest BCUT2D eigenvalue weighted by Crippen LogP contribution is -2.52. The minimum Gasteiger partial charge on any atom is -0.352 e. The summed E-state index contributed by atoms with van der Waals surface area (Å²) in [5.41, 5.74) is 1.02. The Bertz CT molecular complexity index is 629. The van der Waals surface area contributed by atoms with Crippen molar-refractivity contribution in [1.82, 2.24) is 25.0 Å². The molecule has 1 N–H and O–H groups in total. The summed E-state index contributed by atoms with van der Waals surface area (Å²) < 4.78 is 0. The number of hydrogen-bond acceptors (Lipinski definition) is 4. The maximum atomic E-state index is 12.6. The van der Waals surface area contributed by atoms with Crippen molar-refractivity contribution in [3.05, 3.63) is 30.1 Å². The van der Waals surface area contributed by atoms with Crippen molar-refractivity contribution in [3.63, 3.8) is 0 Å². The topological polar surface area (TPSA) is 68.8 Å². The normalized spacial score (nSPS) is 21.7. The summed E-state index contributed by atoms with van der Waals surface area (Å²) in [4.78, 5) is 34.8. The lowest BCUT2D eigenvalue weighted by Gasteiger charge is -2.42. The first-order valence-electron chi connectivity index (χ1n) is 9.91. The van der Waals surface area contributed by atoms with Crippen LogP contribution in [0.1, 0.15) is 31.2 Å². The van der Waals surface area contributed by atoms with E-state index in [0.29, 0.717) is 12.6 Å². The van der Waals surface area contributed by atoms with Crippen LogP contribution < -0.4 is 5.32 Å². The molecule has 148 valence electrons. The van der Waals surface area contributed by atoms with Gasteiger partial charge in [0.15, 0.2) is 0 Å². The number of pyridine rings is 1. The summed E-state index contributed by atoms with van der Waals surface area (Å²) in [6.45, 7) is 4.02. The van der Waals surface area contributed by atoms with Crippen LogP contribution in [0.25, 0.3) is 0 Å². The third kappa shape index (κ3) is 5.19. The van der Waals surface area contributed by atoms with E-state index in [1.165, 1.54) is 0 Å². The van der Waals surface area contributed by atoms with Gasteiger partial charge in [-0.2, -0.15) is 0 Å².